The summed E-state index contributed by atoms with van der Waals surface area (Å²) in [6.07, 6.45) is 0.967. The minimum absolute atomic E-state index is 0.259. The first kappa shape index (κ1) is 11.8. The Balaban J connectivity index is 2.58. The van der Waals surface area contributed by atoms with Gasteiger partial charge in [-0.25, -0.2) is 9.97 Å². The fourth-order valence-electron chi connectivity index (χ4n) is 2.02. The maximum Gasteiger partial charge on any atom is 0.220 e. The van der Waals surface area contributed by atoms with Gasteiger partial charge < -0.3 is 10.5 Å². The van der Waals surface area contributed by atoms with Crippen LogP contribution in [0.5, 0.6) is 0 Å². The van der Waals surface area contributed by atoms with Crippen LogP contribution in [0.15, 0.2) is 24.3 Å². The Hall–Kier alpha value is -1.68. The Morgan fingerprint density at radius 1 is 1.29 bits per heavy atom. The molecule has 0 spiro atoms. The minimum atomic E-state index is 0.259. The van der Waals surface area contributed by atoms with E-state index in [0.717, 1.165) is 23.0 Å². The molecule has 0 saturated heterocycles. The molecule has 1 aromatic heterocycles. The second kappa shape index (κ2) is 5.10. The topological polar surface area (TPSA) is 61.0 Å². The highest BCUT2D eigenvalue weighted by Crippen LogP contribution is 2.26. The number of anilines is 1. The first-order valence-electron chi connectivity index (χ1n) is 5.77. The van der Waals surface area contributed by atoms with Crippen LogP contribution >= 0.6 is 0 Å². The van der Waals surface area contributed by atoms with Crippen LogP contribution in [0.1, 0.15) is 25.0 Å². The number of aromatic nitrogens is 2. The normalized spacial score (nSPS) is 12.8. The Labute approximate surface area is 101 Å². The van der Waals surface area contributed by atoms with Gasteiger partial charge in [0.15, 0.2) is 0 Å². The summed E-state index contributed by atoms with van der Waals surface area (Å²) in [4.78, 5) is 8.62. The van der Waals surface area contributed by atoms with E-state index >= 15 is 0 Å². The number of nitrogens with zero attached hydrogens (tertiary/aromatic N) is 2. The molecule has 0 bridgehead atoms. The van der Waals surface area contributed by atoms with Crippen LogP contribution in [0.4, 0.5) is 5.95 Å². The van der Waals surface area contributed by atoms with Crippen LogP contribution in [0.25, 0.3) is 10.9 Å². The quantitative estimate of drug-likeness (QED) is 0.877. The van der Waals surface area contributed by atoms with E-state index < -0.39 is 0 Å². The number of rotatable bonds is 4. The number of para-hydroxylation sites is 1. The molecule has 0 radical (unpaired) electrons. The van der Waals surface area contributed by atoms with Crippen molar-refractivity contribution in [3.05, 3.63) is 30.0 Å². The van der Waals surface area contributed by atoms with Crippen molar-refractivity contribution in [1.82, 2.24) is 9.97 Å². The van der Waals surface area contributed by atoms with Crippen LogP contribution in [0.3, 0.4) is 0 Å². The number of nitrogens with two attached hydrogens (primary N) is 1. The molecule has 1 heterocycles. The average molecular weight is 231 g/mol. The highest BCUT2D eigenvalue weighted by atomic mass is 16.5. The number of hydrogen-bond acceptors (Lipinski definition) is 4. The molecule has 0 fully saturated rings. The van der Waals surface area contributed by atoms with Crippen LogP contribution < -0.4 is 5.73 Å². The molecule has 0 saturated carbocycles. The zero-order valence-corrected chi connectivity index (χ0v) is 10.2. The summed E-state index contributed by atoms with van der Waals surface area (Å²) in [5, 5.41) is 1.06. The molecule has 1 atom stereocenters. The lowest BCUT2D eigenvalue weighted by Crippen LogP contribution is -2.10. The van der Waals surface area contributed by atoms with E-state index in [1.807, 2.05) is 24.3 Å². The third kappa shape index (κ3) is 2.36. The molecular weight excluding hydrogens is 214 g/mol. The largest absolute Gasteiger partial charge is 0.384 e. The van der Waals surface area contributed by atoms with E-state index in [4.69, 9.17) is 10.5 Å². The second-order valence-corrected chi connectivity index (χ2v) is 4.04. The molecule has 90 valence electrons. The first-order valence-corrected chi connectivity index (χ1v) is 5.77. The molecule has 0 aliphatic heterocycles. The van der Waals surface area contributed by atoms with Gasteiger partial charge in [-0.3, -0.25) is 0 Å². The lowest BCUT2D eigenvalue weighted by molar-refractivity contribution is 0.176. The van der Waals surface area contributed by atoms with Gasteiger partial charge in [0.25, 0.3) is 0 Å². The predicted octanol–water partition coefficient (Wildman–Crippen LogP) is 2.35. The smallest absolute Gasteiger partial charge is 0.220 e. The zero-order valence-electron chi connectivity index (χ0n) is 10.2. The summed E-state index contributed by atoms with van der Waals surface area (Å²) in [6.45, 7) is 2.77. The van der Waals surface area contributed by atoms with Crippen LogP contribution in [-0.4, -0.2) is 23.7 Å². The molecule has 4 heteroatoms. The summed E-state index contributed by atoms with van der Waals surface area (Å²) < 4.78 is 5.24. The number of fused-ring (bicyclic) bond motifs is 1. The number of ether oxygens (including phenoxy) is 1. The van der Waals surface area contributed by atoms with E-state index in [1.54, 1.807) is 7.11 Å². The molecule has 2 N–H and O–H groups in total. The standard InChI is InChI=1S/C13H17N3O/c1-3-9(8-17-2)12-10-6-4-5-7-11(10)15-13(14)16-12/h4-7,9H,3,8H2,1-2H3,(H2,14,15,16). The highest BCUT2D eigenvalue weighted by Gasteiger charge is 2.15. The van der Waals surface area contributed by atoms with Crippen LogP contribution in [0.2, 0.25) is 0 Å². The van der Waals surface area contributed by atoms with Crippen molar-refractivity contribution in [2.45, 2.75) is 19.3 Å². The molecule has 0 aliphatic carbocycles. The molecule has 1 unspecified atom stereocenters. The van der Waals surface area contributed by atoms with Gasteiger partial charge in [-0.05, 0) is 12.5 Å². The number of benzene rings is 1. The Morgan fingerprint density at radius 3 is 2.76 bits per heavy atom. The van der Waals surface area contributed by atoms with Gasteiger partial charge in [0.1, 0.15) is 0 Å². The van der Waals surface area contributed by atoms with Crippen molar-refractivity contribution in [2.24, 2.45) is 0 Å². The zero-order chi connectivity index (χ0) is 12.3. The number of nitrogen functional groups attached to an aromatic ring is 1. The number of methoxy groups -OCH3 is 1. The summed E-state index contributed by atoms with van der Waals surface area (Å²) >= 11 is 0. The van der Waals surface area contributed by atoms with Crippen LogP contribution in [-0.2, 0) is 4.74 Å². The van der Waals surface area contributed by atoms with Gasteiger partial charge in [-0.2, -0.15) is 0 Å². The van der Waals surface area contributed by atoms with E-state index in [9.17, 15) is 0 Å². The van der Waals surface area contributed by atoms with Crippen molar-refractivity contribution in [3.8, 4) is 0 Å². The molecule has 2 rings (SSSR count). The fourth-order valence-corrected chi connectivity index (χ4v) is 2.02. The van der Waals surface area contributed by atoms with E-state index in [-0.39, 0.29) is 5.92 Å². The summed E-state index contributed by atoms with van der Waals surface area (Å²) in [5.74, 6) is 0.587. The van der Waals surface area contributed by atoms with Gasteiger partial charge in [-0.1, -0.05) is 25.1 Å². The monoisotopic (exact) mass is 231 g/mol. The third-order valence-corrected chi connectivity index (χ3v) is 2.90. The summed E-state index contributed by atoms with van der Waals surface area (Å²) in [7, 11) is 1.70. The van der Waals surface area contributed by atoms with Crippen LogP contribution in [0, 0.1) is 0 Å². The molecule has 1 aromatic carbocycles. The molecular formula is C13H17N3O. The number of hydrogen-bond donors (Lipinski definition) is 1. The van der Waals surface area contributed by atoms with Gasteiger partial charge in [0.2, 0.25) is 5.95 Å². The van der Waals surface area contributed by atoms with E-state index in [1.165, 1.54) is 0 Å². The highest BCUT2D eigenvalue weighted by molar-refractivity contribution is 5.82. The maximum absolute atomic E-state index is 5.75. The summed E-state index contributed by atoms with van der Waals surface area (Å²) in [5.41, 5.74) is 7.63. The lowest BCUT2D eigenvalue weighted by atomic mass is 9.99. The lowest BCUT2D eigenvalue weighted by Gasteiger charge is -2.15. The Bertz CT molecular complexity index is 513. The molecule has 17 heavy (non-hydrogen) atoms. The molecule has 0 amide bonds. The fraction of sp³-hybridized carbons (Fsp3) is 0.385. The van der Waals surface area contributed by atoms with Crippen molar-refractivity contribution in [1.29, 1.82) is 0 Å². The van der Waals surface area contributed by atoms with Crippen molar-refractivity contribution < 1.29 is 4.74 Å². The first-order chi connectivity index (χ1) is 8.26. The molecule has 0 aliphatic rings. The van der Waals surface area contributed by atoms with Gasteiger partial charge in [0, 0.05) is 18.4 Å². The Morgan fingerprint density at radius 2 is 2.06 bits per heavy atom. The van der Waals surface area contributed by atoms with Gasteiger partial charge >= 0.3 is 0 Å². The SMILES string of the molecule is CCC(COC)c1nc(N)nc2ccccc12. The molecule has 2 aromatic rings. The predicted molar refractivity (Wildman–Crippen MR) is 68.9 cm³/mol. The van der Waals surface area contributed by atoms with E-state index in [0.29, 0.717) is 12.6 Å². The van der Waals surface area contributed by atoms with E-state index in [2.05, 4.69) is 16.9 Å². The van der Waals surface area contributed by atoms with Gasteiger partial charge in [-0.15, -0.1) is 0 Å². The third-order valence-electron chi connectivity index (χ3n) is 2.90. The Kier molecular flexibility index (Phi) is 3.54. The average Bonchev–Trinajstić information content (AvgIpc) is 2.35. The van der Waals surface area contributed by atoms with Crippen molar-refractivity contribution >= 4 is 16.9 Å². The molecule has 4 nitrogen and oxygen atoms in total. The maximum atomic E-state index is 5.75. The van der Waals surface area contributed by atoms with Crippen molar-refractivity contribution in [3.63, 3.8) is 0 Å². The van der Waals surface area contributed by atoms with Crippen molar-refractivity contribution in [2.75, 3.05) is 19.5 Å². The second-order valence-electron chi connectivity index (χ2n) is 4.04. The van der Waals surface area contributed by atoms with Gasteiger partial charge in [0.05, 0.1) is 17.8 Å². The minimum Gasteiger partial charge on any atom is -0.384 e. The summed E-state index contributed by atoms with van der Waals surface area (Å²) in [6, 6.07) is 7.93.